The molecule has 0 aliphatic carbocycles. The van der Waals surface area contributed by atoms with E-state index in [1.807, 2.05) is 30.3 Å². The number of halogens is 1. The van der Waals surface area contributed by atoms with Gasteiger partial charge in [-0.15, -0.1) is 11.8 Å². The lowest BCUT2D eigenvalue weighted by Gasteiger charge is -2.07. The number of nitrogens with one attached hydrogen (secondary N) is 1. The minimum absolute atomic E-state index is 0.119. The molecule has 0 atom stereocenters. The van der Waals surface area contributed by atoms with E-state index in [1.54, 1.807) is 19.2 Å². The van der Waals surface area contributed by atoms with E-state index < -0.39 is 0 Å². The third-order valence-corrected chi connectivity index (χ3v) is 4.13. The summed E-state index contributed by atoms with van der Waals surface area (Å²) in [6.45, 7) is 0. The molecular weight excluding hydrogens is 296 g/mol. The van der Waals surface area contributed by atoms with Crippen molar-refractivity contribution in [2.45, 2.75) is 10.6 Å². The zero-order valence-corrected chi connectivity index (χ0v) is 12.4. The Bertz CT molecular complexity index is 617. The van der Waals surface area contributed by atoms with Crippen molar-refractivity contribution in [3.8, 4) is 0 Å². The summed E-state index contributed by atoms with van der Waals surface area (Å²) in [4.78, 5) is 11.5. The Labute approximate surface area is 126 Å². The zero-order valence-electron chi connectivity index (χ0n) is 10.8. The van der Waals surface area contributed by atoms with E-state index in [0.29, 0.717) is 21.4 Å². The van der Waals surface area contributed by atoms with Crippen LogP contribution in [0.15, 0.2) is 47.4 Å². The number of thioether (sulfide) groups is 1. The minimum Gasteiger partial charge on any atom is -0.383 e. The largest absolute Gasteiger partial charge is 0.383 e. The van der Waals surface area contributed by atoms with Gasteiger partial charge in [-0.25, -0.2) is 0 Å². The highest BCUT2D eigenvalue weighted by Crippen LogP contribution is 2.36. The molecule has 1 N–H and O–H groups in total. The van der Waals surface area contributed by atoms with Crippen LogP contribution in [0.25, 0.3) is 0 Å². The van der Waals surface area contributed by atoms with Gasteiger partial charge in [0.25, 0.3) is 0 Å². The van der Waals surface area contributed by atoms with Crippen molar-refractivity contribution in [1.29, 1.82) is 0 Å². The number of hydrogen-bond donors (Lipinski definition) is 1. The fourth-order valence-electron chi connectivity index (χ4n) is 1.77. The summed E-state index contributed by atoms with van der Waals surface area (Å²) in [7, 11) is 1.68. The van der Waals surface area contributed by atoms with E-state index in [4.69, 9.17) is 11.6 Å². The lowest BCUT2D eigenvalue weighted by molar-refractivity contribution is -0.386. The summed E-state index contributed by atoms with van der Waals surface area (Å²) < 4.78 is 0. The van der Waals surface area contributed by atoms with Crippen LogP contribution in [0.5, 0.6) is 0 Å². The fourth-order valence-corrected chi connectivity index (χ4v) is 2.91. The van der Waals surface area contributed by atoms with Crippen LogP contribution in [0.1, 0.15) is 5.56 Å². The first-order valence-corrected chi connectivity index (χ1v) is 7.30. The first-order chi connectivity index (χ1) is 9.61. The normalized spacial score (nSPS) is 10.3. The number of nitro benzene ring substituents is 1. The standard InChI is InChI=1S/C14H13ClN2O2S/c1-16-12-3-2-4-13(14(12)17(18)19)20-9-10-5-7-11(15)8-6-10/h2-8,16H,9H2,1H3. The molecule has 0 spiro atoms. The highest BCUT2D eigenvalue weighted by Gasteiger charge is 2.18. The molecule has 4 nitrogen and oxygen atoms in total. The van der Waals surface area contributed by atoms with Gasteiger partial charge in [-0.05, 0) is 29.8 Å². The summed E-state index contributed by atoms with van der Waals surface area (Å²) in [6, 6.07) is 12.7. The Morgan fingerprint density at radius 1 is 1.25 bits per heavy atom. The average Bonchev–Trinajstić information content (AvgIpc) is 2.46. The fraction of sp³-hybridized carbons (Fsp3) is 0.143. The molecule has 104 valence electrons. The van der Waals surface area contributed by atoms with Crippen molar-refractivity contribution in [3.63, 3.8) is 0 Å². The Hall–Kier alpha value is -1.72. The SMILES string of the molecule is CNc1cccc(SCc2ccc(Cl)cc2)c1[N+](=O)[O-]. The summed E-state index contributed by atoms with van der Waals surface area (Å²) >= 11 is 7.27. The first kappa shape index (κ1) is 14.7. The second kappa shape index (κ2) is 6.63. The number of nitrogens with zero attached hydrogens (tertiary/aromatic N) is 1. The number of hydrogen-bond acceptors (Lipinski definition) is 4. The Morgan fingerprint density at radius 2 is 1.95 bits per heavy atom. The van der Waals surface area contributed by atoms with Gasteiger partial charge in [0.15, 0.2) is 0 Å². The van der Waals surface area contributed by atoms with Crippen molar-refractivity contribution in [3.05, 3.63) is 63.2 Å². The lowest BCUT2D eigenvalue weighted by Crippen LogP contribution is -1.98. The van der Waals surface area contributed by atoms with Gasteiger partial charge in [0.05, 0.1) is 9.82 Å². The van der Waals surface area contributed by atoms with E-state index in [0.717, 1.165) is 5.56 Å². The van der Waals surface area contributed by atoms with E-state index in [9.17, 15) is 10.1 Å². The zero-order chi connectivity index (χ0) is 14.5. The molecule has 2 rings (SSSR count). The molecule has 0 aliphatic heterocycles. The molecule has 0 amide bonds. The van der Waals surface area contributed by atoms with Crippen LogP contribution >= 0.6 is 23.4 Å². The predicted molar refractivity (Wildman–Crippen MR) is 83.7 cm³/mol. The number of benzene rings is 2. The first-order valence-electron chi connectivity index (χ1n) is 5.94. The number of nitro groups is 1. The maximum Gasteiger partial charge on any atom is 0.305 e. The Kier molecular flexibility index (Phi) is 4.87. The van der Waals surface area contributed by atoms with Crippen LogP contribution in [0.2, 0.25) is 5.02 Å². The van der Waals surface area contributed by atoms with Crippen molar-refractivity contribution in [2.75, 3.05) is 12.4 Å². The molecule has 0 radical (unpaired) electrons. The van der Waals surface area contributed by atoms with Crippen molar-refractivity contribution in [1.82, 2.24) is 0 Å². The maximum absolute atomic E-state index is 11.2. The minimum atomic E-state index is -0.351. The second-order valence-electron chi connectivity index (χ2n) is 4.07. The van der Waals surface area contributed by atoms with Gasteiger partial charge in [-0.1, -0.05) is 29.8 Å². The summed E-state index contributed by atoms with van der Waals surface area (Å²) in [5.74, 6) is 0.658. The van der Waals surface area contributed by atoms with Crippen LogP contribution in [0.3, 0.4) is 0 Å². The summed E-state index contributed by atoms with van der Waals surface area (Å²) in [5, 5.41) is 14.7. The highest BCUT2D eigenvalue weighted by atomic mass is 35.5. The van der Waals surface area contributed by atoms with Crippen LogP contribution < -0.4 is 5.32 Å². The van der Waals surface area contributed by atoms with Gasteiger partial charge in [-0.2, -0.15) is 0 Å². The lowest BCUT2D eigenvalue weighted by atomic mass is 10.2. The van der Waals surface area contributed by atoms with E-state index in [-0.39, 0.29) is 10.6 Å². The maximum atomic E-state index is 11.2. The third kappa shape index (κ3) is 3.43. The predicted octanol–water partition coefficient (Wildman–Crippen LogP) is 4.58. The van der Waals surface area contributed by atoms with Gasteiger partial charge in [0, 0.05) is 17.8 Å². The van der Waals surface area contributed by atoms with Gasteiger partial charge < -0.3 is 5.32 Å². The van der Waals surface area contributed by atoms with E-state index in [1.165, 1.54) is 11.8 Å². The molecule has 0 unspecified atom stereocenters. The Balaban J connectivity index is 2.21. The molecule has 0 bridgehead atoms. The van der Waals surface area contributed by atoms with Crippen LogP contribution in [-0.2, 0) is 5.75 Å². The van der Waals surface area contributed by atoms with Crippen molar-refractivity contribution >= 4 is 34.7 Å². The topological polar surface area (TPSA) is 55.2 Å². The molecule has 20 heavy (non-hydrogen) atoms. The quantitative estimate of drug-likeness (QED) is 0.499. The number of anilines is 1. The monoisotopic (exact) mass is 308 g/mol. The van der Waals surface area contributed by atoms with Crippen LogP contribution in [0.4, 0.5) is 11.4 Å². The molecule has 0 aliphatic rings. The molecule has 6 heteroatoms. The Morgan fingerprint density at radius 3 is 2.55 bits per heavy atom. The van der Waals surface area contributed by atoms with E-state index in [2.05, 4.69) is 5.32 Å². The molecule has 0 saturated heterocycles. The van der Waals surface area contributed by atoms with Gasteiger partial charge in [0.2, 0.25) is 0 Å². The van der Waals surface area contributed by atoms with Gasteiger partial charge in [0.1, 0.15) is 5.69 Å². The molecule has 0 aromatic heterocycles. The highest BCUT2D eigenvalue weighted by molar-refractivity contribution is 7.98. The van der Waals surface area contributed by atoms with Crippen molar-refractivity contribution < 1.29 is 4.92 Å². The van der Waals surface area contributed by atoms with E-state index >= 15 is 0 Å². The molecule has 2 aromatic carbocycles. The number of rotatable bonds is 5. The van der Waals surface area contributed by atoms with Crippen LogP contribution in [-0.4, -0.2) is 12.0 Å². The smallest absolute Gasteiger partial charge is 0.305 e. The third-order valence-electron chi connectivity index (χ3n) is 2.76. The van der Waals surface area contributed by atoms with Gasteiger partial charge in [-0.3, -0.25) is 10.1 Å². The van der Waals surface area contributed by atoms with Gasteiger partial charge >= 0.3 is 5.69 Å². The van der Waals surface area contributed by atoms with Crippen LogP contribution in [0, 0.1) is 10.1 Å². The molecule has 0 fully saturated rings. The molecule has 2 aromatic rings. The van der Waals surface area contributed by atoms with Crippen molar-refractivity contribution in [2.24, 2.45) is 0 Å². The average molecular weight is 309 g/mol. The summed E-state index contributed by atoms with van der Waals surface area (Å²) in [6.07, 6.45) is 0. The molecule has 0 saturated carbocycles. The summed E-state index contributed by atoms with van der Waals surface area (Å²) in [5.41, 5.74) is 1.72. The number of para-hydroxylation sites is 1. The second-order valence-corrected chi connectivity index (χ2v) is 5.53. The molecule has 0 heterocycles. The molecular formula is C14H13ClN2O2S.